The second-order valence-corrected chi connectivity index (χ2v) is 0.492. The molecule has 0 spiro atoms. The van der Waals surface area contributed by atoms with Crippen molar-refractivity contribution in [1.29, 1.82) is 0 Å². The number of hydrogen-bond acceptors (Lipinski definition) is 2. The van der Waals surface area contributed by atoms with Crippen molar-refractivity contribution in [1.82, 2.24) is 0 Å². The summed E-state index contributed by atoms with van der Waals surface area (Å²) in [4.78, 5) is 8.89. The van der Waals surface area contributed by atoms with Crippen molar-refractivity contribution in [2.24, 2.45) is 0 Å². The summed E-state index contributed by atoms with van der Waals surface area (Å²) >= 11 is 0. The maximum absolute atomic E-state index is 8.89. The predicted octanol–water partition coefficient (Wildman–Crippen LogP) is -1.24. The Balaban J connectivity index is -0.0000000450. The van der Waals surface area contributed by atoms with Gasteiger partial charge in [-0.15, -0.1) is 0 Å². The normalized spacial score (nSPS) is 4.17. The zero-order valence-corrected chi connectivity index (χ0v) is 8.98. The van der Waals surface area contributed by atoms with Crippen molar-refractivity contribution in [3.8, 4) is 0 Å². The first-order chi connectivity index (χ1) is 1.73. The zero-order valence-electron chi connectivity index (χ0n) is 3.22. The minimum Gasteiger partial charge on any atom is -0.550 e. The van der Waals surface area contributed by atoms with E-state index in [1.54, 1.807) is 0 Å². The Morgan fingerprint density at radius 1 is 1.67 bits per heavy atom. The monoisotopic (exact) mass is 351 g/mol. The first-order valence-electron chi connectivity index (χ1n) is 0.908. The van der Waals surface area contributed by atoms with Gasteiger partial charge in [-0.1, -0.05) is 0 Å². The van der Waals surface area contributed by atoms with Gasteiger partial charge in [0.25, 0.3) is 0 Å². The van der Waals surface area contributed by atoms with Gasteiger partial charge in [-0.3, -0.25) is 0 Å². The summed E-state index contributed by atoms with van der Waals surface area (Å²) in [5.74, 6) is -1.08. The van der Waals surface area contributed by atoms with E-state index in [9.17, 15) is 0 Å². The topological polar surface area (TPSA) is 40.1 Å². The molecule has 0 rings (SSSR count). The van der Waals surface area contributed by atoms with Crippen LogP contribution < -0.4 is 5.11 Å². The molecule has 0 heterocycles. The molecule has 0 aliphatic carbocycles. The van der Waals surface area contributed by atoms with Gasteiger partial charge in [-0.2, -0.15) is 0 Å². The minimum atomic E-state index is -1.08. The van der Waals surface area contributed by atoms with Gasteiger partial charge in [0.15, 0.2) is 0 Å². The molecule has 0 N–H and O–H groups in total. The molecule has 0 aromatic carbocycles. The Morgan fingerprint density at radius 2 is 1.67 bits per heavy atom. The molecule has 0 aromatic heterocycles. The Morgan fingerprint density at radius 3 is 1.67 bits per heavy atom. The summed E-state index contributed by atoms with van der Waals surface area (Å²) < 4.78 is 0. The number of carboxylic acid groups (broad SMARTS) is 1. The van der Waals surface area contributed by atoms with E-state index in [-0.39, 0.29) is 82.1 Å². The standard InChI is InChI=1S/C2H4O2.Ce.Sm/c1-2(3)4;;/h1H3,(H,3,4);;/q;+3;/p-1. The number of hydrogen-bond donors (Lipinski definition) is 0. The molecule has 4 heteroatoms. The molecule has 31 valence electrons. The summed E-state index contributed by atoms with van der Waals surface area (Å²) in [5.41, 5.74) is 0. The Hall–Kier alpha value is 2.18. The first kappa shape index (κ1) is 15.7. The van der Waals surface area contributed by atoms with Crippen LogP contribution in [0.2, 0.25) is 0 Å². The molecule has 0 bridgehead atoms. The van der Waals surface area contributed by atoms with Crippen LogP contribution in [0.15, 0.2) is 0 Å². The minimum absolute atomic E-state index is 0. The van der Waals surface area contributed by atoms with Gasteiger partial charge >= 0.3 is 41.7 Å². The molecule has 0 saturated heterocycles. The molecule has 1 radical (unpaired) electrons. The second kappa shape index (κ2) is 10.2. The Labute approximate surface area is 103 Å². The molecule has 2 nitrogen and oxygen atoms in total. The average Bonchev–Trinajstić information content (AvgIpc) is 0.811. The number of carboxylic acids is 1. The Bertz CT molecular complexity index is 34.5. The van der Waals surface area contributed by atoms with Crippen LogP contribution >= 0.6 is 0 Å². The third-order valence-corrected chi connectivity index (χ3v) is 0. The van der Waals surface area contributed by atoms with Crippen LogP contribution in [-0.2, 0) is 4.79 Å². The maximum atomic E-state index is 8.89. The smallest absolute Gasteiger partial charge is 0.550 e. The van der Waals surface area contributed by atoms with E-state index in [1.165, 1.54) is 0 Å². The molecule has 0 fully saturated rings. The van der Waals surface area contributed by atoms with Crippen LogP contribution in [0.4, 0.5) is 0 Å². The molecule has 0 aliphatic heterocycles. The largest absolute Gasteiger partial charge is 3.00 e. The molecule has 0 saturated carbocycles. The summed E-state index contributed by atoms with van der Waals surface area (Å²) in [6, 6.07) is 0. The fraction of sp³-hybridized carbons (Fsp3) is 0.500. The molecular formula is C2H3CeO2Sm+2. The van der Waals surface area contributed by atoms with Crippen molar-refractivity contribution >= 4 is 5.97 Å². The number of carbonyl (C=O) groups excluding carboxylic acids is 1. The summed E-state index contributed by atoms with van der Waals surface area (Å²) in [7, 11) is 0. The quantitative estimate of drug-likeness (QED) is 0.549. The van der Waals surface area contributed by atoms with Gasteiger partial charge in [-0.05, 0) is 6.92 Å². The fourth-order valence-electron chi connectivity index (χ4n) is 0. The van der Waals surface area contributed by atoms with Crippen LogP contribution in [0, 0.1) is 82.1 Å². The van der Waals surface area contributed by atoms with Gasteiger partial charge in [0, 0.05) is 46.4 Å². The van der Waals surface area contributed by atoms with E-state index in [2.05, 4.69) is 0 Å². The van der Waals surface area contributed by atoms with Crippen LogP contribution in [0.5, 0.6) is 0 Å². The van der Waals surface area contributed by atoms with Gasteiger partial charge < -0.3 is 9.90 Å². The van der Waals surface area contributed by atoms with Crippen LogP contribution in [0.3, 0.4) is 0 Å². The van der Waals surface area contributed by atoms with E-state index in [0.717, 1.165) is 6.92 Å². The first-order valence-corrected chi connectivity index (χ1v) is 0.908. The zero-order chi connectivity index (χ0) is 3.58. The third kappa shape index (κ3) is 34.8. The number of rotatable bonds is 0. The molecule has 6 heavy (non-hydrogen) atoms. The van der Waals surface area contributed by atoms with Crippen molar-refractivity contribution in [3.05, 3.63) is 0 Å². The summed E-state index contributed by atoms with van der Waals surface area (Å²) in [5, 5.41) is 8.89. The van der Waals surface area contributed by atoms with Gasteiger partial charge in [0.05, 0.1) is 0 Å². The number of carbonyl (C=O) groups is 1. The maximum Gasteiger partial charge on any atom is 3.00 e. The molecule has 0 amide bonds. The third-order valence-electron chi connectivity index (χ3n) is 0. The summed E-state index contributed by atoms with van der Waals surface area (Å²) in [6.45, 7) is 0.972. The van der Waals surface area contributed by atoms with E-state index >= 15 is 0 Å². The molecule has 0 unspecified atom stereocenters. The van der Waals surface area contributed by atoms with Crippen molar-refractivity contribution in [3.63, 3.8) is 0 Å². The molecule has 0 atom stereocenters. The van der Waals surface area contributed by atoms with Crippen molar-refractivity contribution in [2.75, 3.05) is 0 Å². The fourth-order valence-corrected chi connectivity index (χ4v) is 0. The molecule has 0 aromatic rings. The second-order valence-electron chi connectivity index (χ2n) is 0.492. The van der Waals surface area contributed by atoms with Crippen LogP contribution in [0.1, 0.15) is 6.92 Å². The SMILES string of the molecule is CC(=O)[O-].[Ce+3].[Sm]. The summed E-state index contributed by atoms with van der Waals surface area (Å²) in [6.07, 6.45) is 0. The van der Waals surface area contributed by atoms with Crippen molar-refractivity contribution in [2.45, 2.75) is 6.92 Å². The van der Waals surface area contributed by atoms with Gasteiger partial charge in [-0.25, -0.2) is 0 Å². The van der Waals surface area contributed by atoms with Crippen LogP contribution in [0.25, 0.3) is 0 Å². The van der Waals surface area contributed by atoms with Crippen LogP contribution in [-0.4, -0.2) is 5.97 Å². The van der Waals surface area contributed by atoms with Crippen molar-refractivity contribution < 1.29 is 92.0 Å². The van der Waals surface area contributed by atoms with E-state index < -0.39 is 5.97 Å². The Kier molecular flexibility index (Phi) is 26.8. The van der Waals surface area contributed by atoms with E-state index in [1.807, 2.05) is 0 Å². The van der Waals surface area contributed by atoms with Gasteiger partial charge in [0.2, 0.25) is 0 Å². The number of aliphatic carboxylic acids is 1. The van der Waals surface area contributed by atoms with E-state index in [0.29, 0.717) is 0 Å². The molecular weight excluding hydrogens is 346 g/mol. The predicted molar refractivity (Wildman–Crippen MR) is 10.7 cm³/mol. The average molecular weight is 350 g/mol. The molecule has 0 aliphatic rings. The van der Waals surface area contributed by atoms with Gasteiger partial charge in [0.1, 0.15) is 0 Å². The van der Waals surface area contributed by atoms with E-state index in [4.69, 9.17) is 9.90 Å².